The summed E-state index contributed by atoms with van der Waals surface area (Å²) in [6, 6.07) is 16.6. The number of hydrogen-bond acceptors (Lipinski definition) is 4. The van der Waals surface area contributed by atoms with Gasteiger partial charge in [-0.15, -0.1) is 0 Å². The molecule has 0 atom stereocenters. The number of carbonyl (C=O) groups is 1. The van der Waals surface area contributed by atoms with E-state index in [9.17, 15) is 18.5 Å². The second kappa shape index (κ2) is 7.91. The van der Waals surface area contributed by atoms with Gasteiger partial charge in [0, 0.05) is 37.3 Å². The Morgan fingerprint density at radius 3 is 2.33 bits per heavy atom. The molecule has 2 aromatic carbocycles. The lowest BCUT2D eigenvalue weighted by Crippen LogP contribution is -2.37. The molecule has 0 aromatic heterocycles. The summed E-state index contributed by atoms with van der Waals surface area (Å²) >= 11 is 0. The number of nitrogens with zero attached hydrogens (tertiary/aromatic N) is 3. The number of amides is 1. The summed E-state index contributed by atoms with van der Waals surface area (Å²) in [5, 5.41) is 9.39. The molecule has 0 aliphatic carbocycles. The van der Waals surface area contributed by atoms with Crippen LogP contribution in [0.3, 0.4) is 0 Å². The predicted octanol–water partition coefficient (Wildman–Crippen LogP) is 2.33. The second-order valence-corrected chi connectivity index (χ2v) is 8.49. The summed E-state index contributed by atoms with van der Waals surface area (Å²) in [5.41, 5.74) is 2.46. The van der Waals surface area contributed by atoms with Crippen molar-refractivity contribution in [1.82, 2.24) is 9.21 Å². The van der Waals surface area contributed by atoms with Crippen LogP contribution in [-0.4, -0.2) is 56.0 Å². The van der Waals surface area contributed by atoms with Crippen LogP contribution in [0.2, 0.25) is 0 Å². The molecule has 1 aliphatic heterocycles. The molecule has 27 heavy (non-hydrogen) atoms. The molecule has 1 saturated heterocycles. The lowest BCUT2D eigenvalue weighted by molar-refractivity contribution is 0.0765. The van der Waals surface area contributed by atoms with Gasteiger partial charge in [0.15, 0.2) is 0 Å². The highest BCUT2D eigenvalue weighted by Crippen LogP contribution is 2.28. The van der Waals surface area contributed by atoms with Crippen LogP contribution in [-0.2, 0) is 10.0 Å². The first kappa shape index (κ1) is 19.1. The fourth-order valence-corrected chi connectivity index (χ4v) is 4.19. The largest absolute Gasteiger partial charge is 0.337 e. The van der Waals surface area contributed by atoms with Gasteiger partial charge in [-0.2, -0.15) is 5.26 Å². The van der Waals surface area contributed by atoms with E-state index in [1.54, 1.807) is 29.2 Å². The van der Waals surface area contributed by atoms with Gasteiger partial charge in [-0.1, -0.05) is 36.4 Å². The van der Waals surface area contributed by atoms with Crippen LogP contribution < -0.4 is 0 Å². The molecule has 0 bridgehead atoms. The lowest BCUT2D eigenvalue weighted by Gasteiger charge is -2.22. The average molecular weight is 383 g/mol. The van der Waals surface area contributed by atoms with E-state index in [2.05, 4.69) is 6.07 Å². The minimum Gasteiger partial charge on any atom is -0.337 e. The van der Waals surface area contributed by atoms with Crippen molar-refractivity contribution in [3.05, 3.63) is 59.7 Å². The number of carbonyl (C=O) groups excluding carboxylic acids is 1. The topological polar surface area (TPSA) is 81.5 Å². The Hall–Kier alpha value is -2.69. The van der Waals surface area contributed by atoms with Gasteiger partial charge in [-0.05, 0) is 24.1 Å². The standard InChI is InChI=1S/C20H21N3O3S/c1-27(25,26)23-12-6-11-22(13-14-23)20(24)19-10-5-4-9-18(19)17-8-3-2-7-16(17)15-21/h2-5,7-10H,6,11-14H2,1H3. The van der Waals surface area contributed by atoms with Crippen LogP contribution in [0, 0.1) is 11.3 Å². The smallest absolute Gasteiger partial charge is 0.254 e. The quantitative estimate of drug-likeness (QED) is 0.815. The van der Waals surface area contributed by atoms with Crippen LogP contribution in [0.5, 0.6) is 0 Å². The fraction of sp³-hybridized carbons (Fsp3) is 0.300. The minimum atomic E-state index is -3.26. The van der Waals surface area contributed by atoms with Crippen molar-refractivity contribution in [3.8, 4) is 17.2 Å². The van der Waals surface area contributed by atoms with E-state index in [0.29, 0.717) is 49.3 Å². The number of nitriles is 1. The van der Waals surface area contributed by atoms with Gasteiger partial charge >= 0.3 is 0 Å². The molecule has 2 aromatic rings. The molecule has 6 nitrogen and oxygen atoms in total. The van der Waals surface area contributed by atoms with Crippen molar-refractivity contribution in [2.75, 3.05) is 32.4 Å². The van der Waals surface area contributed by atoms with Gasteiger partial charge in [0.05, 0.1) is 17.9 Å². The molecule has 0 spiro atoms. The molecule has 1 aliphatic rings. The van der Waals surface area contributed by atoms with E-state index in [0.717, 1.165) is 5.56 Å². The van der Waals surface area contributed by atoms with E-state index in [1.165, 1.54) is 10.6 Å². The number of hydrogen-bond donors (Lipinski definition) is 0. The van der Waals surface area contributed by atoms with Crippen molar-refractivity contribution in [1.29, 1.82) is 5.26 Å². The molecule has 1 fully saturated rings. The first-order valence-corrected chi connectivity index (χ1v) is 10.6. The first-order chi connectivity index (χ1) is 12.9. The summed E-state index contributed by atoms with van der Waals surface area (Å²) in [6.07, 6.45) is 1.79. The lowest BCUT2D eigenvalue weighted by atomic mass is 9.95. The maximum absolute atomic E-state index is 13.2. The fourth-order valence-electron chi connectivity index (χ4n) is 3.32. The van der Waals surface area contributed by atoms with Crippen molar-refractivity contribution < 1.29 is 13.2 Å². The van der Waals surface area contributed by atoms with Gasteiger partial charge in [-0.25, -0.2) is 12.7 Å². The Balaban J connectivity index is 1.92. The van der Waals surface area contributed by atoms with Crippen LogP contribution in [0.25, 0.3) is 11.1 Å². The number of benzene rings is 2. The van der Waals surface area contributed by atoms with Crippen molar-refractivity contribution in [2.45, 2.75) is 6.42 Å². The molecule has 7 heteroatoms. The molecule has 1 heterocycles. The van der Waals surface area contributed by atoms with E-state index >= 15 is 0 Å². The molecule has 3 rings (SSSR count). The zero-order valence-electron chi connectivity index (χ0n) is 15.1. The van der Waals surface area contributed by atoms with Crippen LogP contribution in [0.4, 0.5) is 0 Å². The van der Waals surface area contributed by atoms with E-state index in [-0.39, 0.29) is 5.91 Å². The monoisotopic (exact) mass is 383 g/mol. The zero-order valence-corrected chi connectivity index (χ0v) is 15.9. The van der Waals surface area contributed by atoms with Crippen molar-refractivity contribution in [2.24, 2.45) is 0 Å². The number of sulfonamides is 1. The Labute approximate surface area is 159 Å². The molecule has 0 radical (unpaired) electrons. The normalized spacial score (nSPS) is 15.8. The first-order valence-electron chi connectivity index (χ1n) is 8.75. The second-order valence-electron chi connectivity index (χ2n) is 6.51. The highest BCUT2D eigenvalue weighted by Gasteiger charge is 2.26. The highest BCUT2D eigenvalue weighted by molar-refractivity contribution is 7.88. The summed E-state index contributed by atoms with van der Waals surface area (Å²) in [4.78, 5) is 14.9. The van der Waals surface area contributed by atoms with Crippen molar-refractivity contribution >= 4 is 15.9 Å². The van der Waals surface area contributed by atoms with Gasteiger partial charge in [0.1, 0.15) is 0 Å². The van der Waals surface area contributed by atoms with Gasteiger partial charge < -0.3 is 4.90 Å². The Morgan fingerprint density at radius 2 is 1.63 bits per heavy atom. The van der Waals surface area contributed by atoms with Crippen LogP contribution >= 0.6 is 0 Å². The Morgan fingerprint density at radius 1 is 0.963 bits per heavy atom. The van der Waals surface area contributed by atoms with Gasteiger partial charge in [0.2, 0.25) is 10.0 Å². The molecule has 0 N–H and O–H groups in total. The molecule has 0 saturated carbocycles. The molecule has 140 valence electrons. The van der Waals surface area contributed by atoms with E-state index < -0.39 is 10.0 Å². The number of rotatable bonds is 3. The maximum atomic E-state index is 13.2. The summed E-state index contributed by atoms with van der Waals surface area (Å²) in [6.45, 7) is 1.56. The van der Waals surface area contributed by atoms with E-state index in [1.807, 2.05) is 24.3 Å². The average Bonchev–Trinajstić information content (AvgIpc) is 2.94. The van der Waals surface area contributed by atoms with Crippen molar-refractivity contribution in [3.63, 3.8) is 0 Å². The van der Waals surface area contributed by atoms with Gasteiger partial charge in [0.25, 0.3) is 5.91 Å². The third kappa shape index (κ3) is 4.18. The molecule has 0 unspecified atom stereocenters. The summed E-state index contributed by atoms with van der Waals surface area (Å²) in [5.74, 6) is -0.145. The minimum absolute atomic E-state index is 0.145. The van der Waals surface area contributed by atoms with Gasteiger partial charge in [-0.3, -0.25) is 4.79 Å². The predicted molar refractivity (Wildman–Crippen MR) is 104 cm³/mol. The maximum Gasteiger partial charge on any atom is 0.254 e. The Kier molecular flexibility index (Phi) is 5.59. The third-order valence-corrected chi connectivity index (χ3v) is 6.01. The molecular weight excluding hydrogens is 362 g/mol. The summed E-state index contributed by atoms with van der Waals surface area (Å²) in [7, 11) is -3.26. The van der Waals surface area contributed by atoms with Crippen LogP contribution in [0.15, 0.2) is 48.5 Å². The highest BCUT2D eigenvalue weighted by atomic mass is 32.2. The SMILES string of the molecule is CS(=O)(=O)N1CCCN(C(=O)c2ccccc2-c2ccccc2C#N)CC1. The molecular formula is C20H21N3O3S. The zero-order chi connectivity index (χ0) is 19.4. The molecule has 1 amide bonds. The van der Waals surface area contributed by atoms with Crippen LogP contribution in [0.1, 0.15) is 22.3 Å². The van der Waals surface area contributed by atoms with E-state index in [4.69, 9.17) is 0 Å². The third-order valence-electron chi connectivity index (χ3n) is 4.71. The summed E-state index contributed by atoms with van der Waals surface area (Å²) < 4.78 is 25.0. The Bertz CT molecular complexity index is 996.